The van der Waals surface area contributed by atoms with Gasteiger partial charge in [0, 0.05) is 11.8 Å². The molecular formula is C20H19N5O2. The molecule has 2 N–H and O–H groups in total. The van der Waals surface area contributed by atoms with Gasteiger partial charge in [0.05, 0.1) is 25.3 Å². The van der Waals surface area contributed by atoms with Gasteiger partial charge in [-0.3, -0.25) is 0 Å². The van der Waals surface area contributed by atoms with Gasteiger partial charge in [-0.2, -0.15) is 5.26 Å². The molecule has 0 bridgehead atoms. The number of nitrogens with one attached hydrogen (secondary N) is 2. The molecule has 0 unspecified atom stereocenters. The van der Waals surface area contributed by atoms with Crippen molar-refractivity contribution in [3.8, 4) is 17.6 Å². The van der Waals surface area contributed by atoms with Crippen LogP contribution in [0.2, 0.25) is 0 Å². The monoisotopic (exact) mass is 361 g/mol. The predicted molar refractivity (Wildman–Crippen MR) is 103 cm³/mol. The van der Waals surface area contributed by atoms with Gasteiger partial charge in [0.25, 0.3) is 0 Å². The fraction of sp³-hybridized carbons (Fsp3) is 0.150. The SMILES string of the molecule is COc1ccc(OCCNc2cc(Nc3cccc(C#N)c3)ncn2)cc1. The van der Waals surface area contributed by atoms with Gasteiger partial charge in [0.2, 0.25) is 0 Å². The number of nitriles is 1. The van der Waals surface area contributed by atoms with E-state index in [9.17, 15) is 0 Å². The van der Waals surface area contributed by atoms with Crippen LogP contribution in [0.25, 0.3) is 0 Å². The lowest BCUT2D eigenvalue weighted by Gasteiger charge is -2.10. The van der Waals surface area contributed by atoms with Crippen LogP contribution in [0.5, 0.6) is 11.5 Å². The summed E-state index contributed by atoms with van der Waals surface area (Å²) < 4.78 is 10.8. The van der Waals surface area contributed by atoms with Gasteiger partial charge in [-0.1, -0.05) is 6.07 Å². The summed E-state index contributed by atoms with van der Waals surface area (Å²) in [6, 6.07) is 18.5. The Balaban J connectivity index is 1.50. The fourth-order valence-corrected chi connectivity index (χ4v) is 2.36. The first-order valence-corrected chi connectivity index (χ1v) is 8.37. The van der Waals surface area contributed by atoms with Crippen LogP contribution < -0.4 is 20.1 Å². The Bertz CT molecular complexity index is 922. The maximum atomic E-state index is 8.97. The topological polar surface area (TPSA) is 92.1 Å². The van der Waals surface area contributed by atoms with Crippen LogP contribution in [0.4, 0.5) is 17.3 Å². The number of anilines is 3. The van der Waals surface area contributed by atoms with E-state index in [1.807, 2.05) is 36.4 Å². The van der Waals surface area contributed by atoms with Crippen LogP contribution in [0, 0.1) is 11.3 Å². The lowest BCUT2D eigenvalue weighted by molar-refractivity contribution is 0.331. The van der Waals surface area contributed by atoms with Crippen molar-refractivity contribution in [3.63, 3.8) is 0 Å². The van der Waals surface area contributed by atoms with E-state index >= 15 is 0 Å². The molecule has 0 saturated heterocycles. The maximum Gasteiger partial charge on any atom is 0.135 e. The molecule has 1 heterocycles. The molecule has 0 fully saturated rings. The molecule has 0 aliphatic rings. The average Bonchev–Trinajstić information content (AvgIpc) is 2.72. The molecule has 3 rings (SSSR count). The van der Waals surface area contributed by atoms with Gasteiger partial charge in [0.1, 0.15) is 36.1 Å². The molecule has 7 heteroatoms. The van der Waals surface area contributed by atoms with Crippen molar-refractivity contribution >= 4 is 17.3 Å². The number of rotatable bonds is 8. The Labute approximate surface area is 157 Å². The molecule has 0 amide bonds. The number of ether oxygens (including phenoxy) is 2. The summed E-state index contributed by atoms with van der Waals surface area (Å²) in [5, 5.41) is 15.3. The van der Waals surface area contributed by atoms with Crippen molar-refractivity contribution in [3.05, 3.63) is 66.5 Å². The van der Waals surface area contributed by atoms with Crippen molar-refractivity contribution < 1.29 is 9.47 Å². The van der Waals surface area contributed by atoms with Crippen molar-refractivity contribution in [1.29, 1.82) is 5.26 Å². The second-order valence-corrected chi connectivity index (χ2v) is 5.56. The smallest absolute Gasteiger partial charge is 0.135 e. The van der Waals surface area contributed by atoms with Gasteiger partial charge in [-0.25, -0.2) is 9.97 Å². The van der Waals surface area contributed by atoms with Crippen LogP contribution in [-0.2, 0) is 0 Å². The summed E-state index contributed by atoms with van der Waals surface area (Å²) in [6.07, 6.45) is 1.48. The molecule has 0 aliphatic heterocycles. The highest BCUT2D eigenvalue weighted by Crippen LogP contribution is 2.18. The third kappa shape index (κ3) is 5.34. The average molecular weight is 361 g/mol. The predicted octanol–water partition coefficient (Wildman–Crippen LogP) is 3.59. The normalized spacial score (nSPS) is 9.93. The van der Waals surface area contributed by atoms with Crippen LogP contribution in [0.3, 0.4) is 0 Å². The molecule has 0 radical (unpaired) electrons. The summed E-state index contributed by atoms with van der Waals surface area (Å²) in [6.45, 7) is 1.08. The van der Waals surface area contributed by atoms with Crippen LogP contribution in [0.15, 0.2) is 60.9 Å². The molecule has 2 aromatic carbocycles. The summed E-state index contributed by atoms with van der Waals surface area (Å²) in [4.78, 5) is 8.39. The van der Waals surface area contributed by atoms with Crippen molar-refractivity contribution in [2.75, 3.05) is 30.9 Å². The molecule has 0 atom stereocenters. The first kappa shape index (κ1) is 18.0. The molecule has 0 spiro atoms. The highest BCUT2D eigenvalue weighted by atomic mass is 16.5. The first-order chi connectivity index (χ1) is 13.3. The van der Waals surface area contributed by atoms with E-state index in [1.54, 1.807) is 25.3 Å². The molecule has 3 aromatic rings. The molecule has 1 aromatic heterocycles. The first-order valence-electron chi connectivity index (χ1n) is 8.37. The quantitative estimate of drug-likeness (QED) is 0.592. The second-order valence-electron chi connectivity index (χ2n) is 5.56. The van der Waals surface area contributed by atoms with Crippen molar-refractivity contribution in [1.82, 2.24) is 9.97 Å². The molecule has 7 nitrogen and oxygen atoms in total. The summed E-state index contributed by atoms with van der Waals surface area (Å²) in [5.74, 6) is 2.89. The Kier molecular flexibility index (Phi) is 6.04. The van der Waals surface area contributed by atoms with Crippen molar-refractivity contribution in [2.24, 2.45) is 0 Å². The van der Waals surface area contributed by atoms with E-state index in [2.05, 4.69) is 26.7 Å². The van der Waals surface area contributed by atoms with Gasteiger partial charge >= 0.3 is 0 Å². The number of hydrogen-bond acceptors (Lipinski definition) is 7. The van der Waals surface area contributed by atoms with Gasteiger partial charge in [0.15, 0.2) is 0 Å². The molecule has 0 saturated carbocycles. The van der Waals surface area contributed by atoms with Crippen LogP contribution >= 0.6 is 0 Å². The minimum atomic E-state index is 0.489. The van der Waals surface area contributed by atoms with E-state index in [0.717, 1.165) is 17.2 Å². The highest BCUT2D eigenvalue weighted by Gasteiger charge is 2.01. The highest BCUT2D eigenvalue weighted by molar-refractivity contribution is 5.60. The number of methoxy groups -OCH3 is 1. The van der Waals surface area contributed by atoms with E-state index in [1.165, 1.54) is 6.33 Å². The van der Waals surface area contributed by atoms with E-state index < -0.39 is 0 Å². The zero-order valence-electron chi connectivity index (χ0n) is 14.8. The third-order valence-electron chi connectivity index (χ3n) is 3.67. The van der Waals surface area contributed by atoms with E-state index in [4.69, 9.17) is 14.7 Å². The largest absolute Gasteiger partial charge is 0.497 e. The summed E-state index contributed by atoms with van der Waals surface area (Å²) in [7, 11) is 1.63. The van der Waals surface area contributed by atoms with Crippen LogP contribution in [0.1, 0.15) is 5.56 Å². The molecule has 136 valence electrons. The minimum absolute atomic E-state index is 0.489. The fourth-order valence-electron chi connectivity index (χ4n) is 2.36. The maximum absolute atomic E-state index is 8.97. The summed E-state index contributed by atoms with van der Waals surface area (Å²) >= 11 is 0. The number of hydrogen-bond donors (Lipinski definition) is 2. The molecular weight excluding hydrogens is 342 g/mol. The van der Waals surface area contributed by atoms with Gasteiger partial charge in [-0.05, 0) is 42.5 Å². The third-order valence-corrected chi connectivity index (χ3v) is 3.67. The lowest BCUT2D eigenvalue weighted by atomic mass is 10.2. The summed E-state index contributed by atoms with van der Waals surface area (Å²) in [5.41, 5.74) is 1.38. The zero-order chi connectivity index (χ0) is 18.9. The number of nitrogens with zero attached hydrogens (tertiary/aromatic N) is 3. The lowest BCUT2D eigenvalue weighted by Crippen LogP contribution is -2.12. The second kappa shape index (κ2) is 9.06. The van der Waals surface area contributed by atoms with Gasteiger partial charge < -0.3 is 20.1 Å². The number of benzene rings is 2. The van der Waals surface area contributed by atoms with E-state index in [-0.39, 0.29) is 0 Å². The Morgan fingerprint density at radius 3 is 2.56 bits per heavy atom. The molecule has 0 aliphatic carbocycles. The number of aromatic nitrogens is 2. The van der Waals surface area contributed by atoms with Gasteiger partial charge in [-0.15, -0.1) is 0 Å². The van der Waals surface area contributed by atoms with Crippen molar-refractivity contribution in [2.45, 2.75) is 0 Å². The Morgan fingerprint density at radius 2 is 1.78 bits per heavy atom. The molecule has 27 heavy (non-hydrogen) atoms. The standard InChI is InChI=1S/C20H19N5O2/c1-26-17-5-7-18(8-6-17)27-10-9-22-19-12-20(24-14-23-19)25-16-4-2-3-15(11-16)13-21/h2-8,11-12,14H,9-10H2,1H3,(H2,22,23,24,25). The Morgan fingerprint density at radius 1 is 1.00 bits per heavy atom. The van der Waals surface area contributed by atoms with E-state index in [0.29, 0.717) is 30.4 Å². The minimum Gasteiger partial charge on any atom is -0.497 e. The Hall–Kier alpha value is -3.79. The van der Waals surface area contributed by atoms with Crippen LogP contribution in [-0.4, -0.2) is 30.2 Å². The zero-order valence-corrected chi connectivity index (χ0v) is 14.8.